The molecule has 2 aromatic rings. The van der Waals surface area contributed by atoms with Crippen LogP contribution in [0.15, 0.2) is 35.5 Å². The molecule has 1 amide bonds. The van der Waals surface area contributed by atoms with Gasteiger partial charge in [0.1, 0.15) is 5.82 Å². The Morgan fingerprint density at radius 3 is 2.65 bits per heavy atom. The summed E-state index contributed by atoms with van der Waals surface area (Å²) in [6, 6.07) is 6.36. The minimum Gasteiger partial charge on any atom is -0.384 e. The number of amides is 1. The predicted molar refractivity (Wildman–Crippen MR) is 82.0 cm³/mol. The molecule has 0 unspecified atom stereocenters. The molecule has 0 aliphatic heterocycles. The number of rotatable bonds is 4. The van der Waals surface area contributed by atoms with Crippen LogP contribution in [0.5, 0.6) is 0 Å². The number of carbonyl (C=O) groups is 1. The number of nitrogens with zero attached hydrogens (tertiary/aromatic N) is 2. The van der Waals surface area contributed by atoms with Gasteiger partial charge in [-0.1, -0.05) is 23.9 Å². The van der Waals surface area contributed by atoms with E-state index in [0.717, 1.165) is 17.8 Å². The first kappa shape index (κ1) is 17.1. The fourth-order valence-electron chi connectivity index (χ4n) is 1.79. The van der Waals surface area contributed by atoms with Crippen LogP contribution in [0.3, 0.4) is 0 Å². The summed E-state index contributed by atoms with van der Waals surface area (Å²) in [5.74, 6) is -0.451. The van der Waals surface area contributed by atoms with E-state index in [1.54, 1.807) is 13.0 Å². The maximum absolute atomic E-state index is 12.8. The van der Waals surface area contributed by atoms with E-state index in [-0.39, 0.29) is 17.3 Å². The number of hydrogen-bond donors (Lipinski definition) is 2. The molecular weight excluding hydrogens is 329 g/mol. The molecule has 0 aliphatic rings. The SMILES string of the molecule is Cc1cc(N)nc(SCC(=O)Nc2ccccc2C(F)(F)F)n1. The van der Waals surface area contributed by atoms with Crippen molar-refractivity contribution in [2.75, 3.05) is 16.8 Å². The quantitative estimate of drug-likeness (QED) is 0.659. The van der Waals surface area contributed by atoms with Gasteiger partial charge in [-0.05, 0) is 19.1 Å². The van der Waals surface area contributed by atoms with Crippen molar-refractivity contribution in [3.8, 4) is 0 Å². The second-order valence-corrected chi connectivity index (χ2v) is 5.54. The average Bonchev–Trinajstić information content (AvgIpc) is 2.43. The molecule has 23 heavy (non-hydrogen) atoms. The highest BCUT2D eigenvalue weighted by Crippen LogP contribution is 2.34. The molecule has 0 aliphatic carbocycles. The van der Waals surface area contributed by atoms with E-state index in [9.17, 15) is 18.0 Å². The molecular formula is C14H13F3N4OS. The number of halogens is 3. The zero-order chi connectivity index (χ0) is 17.0. The number of benzene rings is 1. The van der Waals surface area contributed by atoms with Crippen LogP contribution < -0.4 is 11.1 Å². The Kier molecular flexibility index (Phi) is 5.09. The van der Waals surface area contributed by atoms with E-state index in [1.165, 1.54) is 18.2 Å². The number of hydrogen-bond acceptors (Lipinski definition) is 5. The van der Waals surface area contributed by atoms with Crippen LogP contribution in [0.2, 0.25) is 0 Å². The van der Waals surface area contributed by atoms with Gasteiger partial charge in [0.25, 0.3) is 0 Å². The van der Waals surface area contributed by atoms with E-state index < -0.39 is 17.6 Å². The molecule has 1 heterocycles. The third-order valence-corrected chi connectivity index (χ3v) is 3.54. The Hall–Kier alpha value is -2.29. The van der Waals surface area contributed by atoms with Crippen molar-refractivity contribution in [3.05, 3.63) is 41.6 Å². The lowest BCUT2D eigenvalue weighted by atomic mass is 10.1. The van der Waals surface area contributed by atoms with Crippen LogP contribution in [0.1, 0.15) is 11.3 Å². The molecule has 0 bridgehead atoms. The Morgan fingerprint density at radius 1 is 1.30 bits per heavy atom. The molecule has 1 aromatic heterocycles. The van der Waals surface area contributed by atoms with Crippen molar-refractivity contribution in [2.45, 2.75) is 18.3 Å². The predicted octanol–water partition coefficient (Wildman–Crippen LogP) is 3.12. The van der Waals surface area contributed by atoms with Crippen LogP contribution in [0.4, 0.5) is 24.7 Å². The highest BCUT2D eigenvalue weighted by Gasteiger charge is 2.33. The van der Waals surface area contributed by atoms with Crippen LogP contribution in [-0.2, 0) is 11.0 Å². The largest absolute Gasteiger partial charge is 0.418 e. The number of alkyl halides is 3. The van der Waals surface area contributed by atoms with Crippen molar-refractivity contribution < 1.29 is 18.0 Å². The van der Waals surface area contributed by atoms with Crippen molar-refractivity contribution in [2.24, 2.45) is 0 Å². The number of nitrogens with two attached hydrogens (primary N) is 1. The third-order valence-electron chi connectivity index (χ3n) is 2.69. The number of aryl methyl sites for hydroxylation is 1. The number of carbonyl (C=O) groups excluding carboxylic acids is 1. The van der Waals surface area contributed by atoms with Gasteiger partial charge in [-0.3, -0.25) is 4.79 Å². The first-order chi connectivity index (χ1) is 10.8. The van der Waals surface area contributed by atoms with Crippen LogP contribution >= 0.6 is 11.8 Å². The van der Waals surface area contributed by atoms with Gasteiger partial charge >= 0.3 is 6.18 Å². The first-order valence-corrected chi connectivity index (χ1v) is 7.44. The highest BCUT2D eigenvalue weighted by molar-refractivity contribution is 7.99. The van der Waals surface area contributed by atoms with E-state index in [2.05, 4.69) is 15.3 Å². The molecule has 9 heteroatoms. The lowest BCUT2D eigenvalue weighted by molar-refractivity contribution is -0.137. The normalized spacial score (nSPS) is 11.3. The fourth-order valence-corrected chi connectivity index (χ4v) is 2.50. The summed E-state index contributed by atoms with van der Waals surface area (Å²) < 4.78 is 38.5. The van der Waals surface area contributed by atoms with Crippen molar-refractivity contribution in [3.63, 3.8) is 0 Å². The average molecular weight is 342 g/mol. The number of nitrogen functional groups attached to an aromatic ring is 1. The van der Waals surface area contributed by atoms with Gasteiger partial charge in [-0.15, -0.1) is 0 Å². The Balaban J connectivity index is 2.03. The summed E-state index contributed by atoms with van der Waals surface area (Å²) >= 11 is 0.994. The van der Waals surface area contributed by atoms with E-state index >= 15 is 0 Å². The van der Waals surface area contributed by atoms with Gasteiger partial charge in [-0.25, -0.2) is 9.97 Å². The van der Waals surface area contributed by atoms with Gasteiger partial charge in [-0.2, -0.15) is 13.2 Å². The zero-order valence-electron chi connectivity index (χ0n) is 12.0. The number of nitrogens with one attached hydrogen (secondary N) is 1. The van der Waals surface area contributed by atoms with E-state index in [4.69, 9.17) is 5.73 Å². The molecule has 0 fully saturated rings. The fraction of sp³-hybridized carbons (Fsp3) is 0.214. The summed E-state index contributed by atoms with van der Waals surface area (Å²) in [5, 5.41) is 2.54. The second kappa shape index (κ2) is 6.86. The molecule has 122 valence electrons. The molecule has 0 atom stereocenters. The van der Waals surface area contributed by atoms with Crippen molar-refractivity contribution in [1.82, 2.24) is 9.97 Å². The van der Waals surface area contributed by atoms with Gasteiger partial charge < -0.3 is 11.1 Å². The second-order valence-electron chi connectivity index (χ2n) is 4.60. The minimum absolute atomic E-state index is 0.130. The number of aromatic nitrogens is 2. The number of anilines is 2. The molecule has 0 saturated carbocycles. The van der Waals surface area contributed by atoms with E-state index in [0.29, 0.717) is 10.9 Å². The molecule has 0 radical (unpaired) electrons. The molecule has 3 N–H and O–H groups in total. The summed E-state index contributed by atoms with van der Waals surface area (Å²) in [5.41, 5.74) is 5.03. The van der Waals surface area contributed by atoms with Crippen molar-refractivity contribution >= 4 is 29.2 Å². The van der Waals surface area contributed by atoms with Crippen LogP contribution in [0, 0.1) is 6.92 Å². The first-order valence-electron chi connectivity index (χ1n) is 6.46. The topological polar surface area (TPSA) is 80.9 Å². The standard InChI is InChI=1S/C14H13F3N4OS/c1-8-6-11(18)21-13(19-8)23-7-12(22)20-10-5-3-2-4-9(10)14(15,16)17/h2-6H,7H2,1H3,(H,20,22)(H2,18,19,21). The van der Waals surface area contributed by atoms with Crippen LogP contribution in [0.25, 0.3) is 0 Å². The van der Waals surface area contributed by atoms with Gasteiger partial charge in [0.15, 0.2) is 5.16 Å². The summed E-state index contributed by atoms with van der Waals surface area (Å²) in [6.07, 6.45) is -4.54. The lowest BCUT2D eigenvalue weighted by Crippen LogP contribution is -2.18. The van der Waals surface area contributed by atoms with E-state index in [1.807, 2.05) is 0 Å². The lowest BCUT2D eigenvalue weighted by Gasteiger charge is -2.13. The number of para-hydroxylation sites is 1. The molecule has 1 aromatic carbocycles. The van der Waals surface area contributed by atoms with Crippen LogP contribution in [-0.4, -0.2) is 21.6 Å². The van der Waals surface area contributed by atoms with Gasteiger partial charge in [0, 0.05) is 11.8 Å². The summed E-state index contributed by atoms with van der Waals surface area (Å²) in [6.45, 7) is 1.72. The van der Waals surface area contributed by atoms with Gasteiger partial charge in [0.2, 0.25) is 5.91 Å². The maximum atomic E-state index is 12.8. The maximum Gasteiger partial charge on any atom is 0.418 e. The zero-order valence-corrected chi connectivity index (χ0v) is 12.8. The Bertz CT molecular complexity index is 701. The monoisotopic (exact) mass is 342 g/mol. The van der Waals surface area contributed by atoms with Crippen molar-refractivity contribution in [1.29, 1.82) is 0 Å². The Morgan fingerprint density at radius 2 is 2.00 bits per heavy atom. The number of thioether (sulfide) groups is 1. The Labute approximate surface area is 134 Å². The third kappa shape index (κ3) is 4.85. The molecule has 2 rings (SSSR count). The van der Waals surface area contributed by atoms with Gasteiger partial charge in [0.05, 0.1) is 17.0 Å². The summed E-state index contributed by atoms with van der Waals surface area (Å²) in [7, 11) is 0. The summed E-state index contributed by atoms with van der Waals surface area (Å²) in [4.78, 5) is 19.9. The minimum atomic E-state index is -4.54. The smallest absolute Gasteiger partial charge is 0.384 e. The molecule has 0 spiro atoms. The molecule has 5 nitrogen and oxygen atoms in total. The highest BCUT2D eigenvalue weighted by atomic mass is 32.2. The molecule has 0 saturated heterocycles.